The van der Waals surface area contributed by atoms with E-state index in [0.29, 0.717) is 21.3 Å². The lowest BCUT2D eigenvalue weighted by molar-refractivity contribution is 0.0601. The van der Waals surface area contributed by atoms with E-state index in [1.165, 1.54) is 25.3 Å². The van der Waals surface area contributed by atoms with Crippen LogP contribution >= 0.6 is 11.3 Å². The molecule has 4 rings (SSSR count). The molecule has 130 valence electrons. The highest BCUT2D eigenvalue weighted by molar-refractivity contribution is 7.20. The van der Waals surface area contributed by atoms with E-state index in [0.717, 1.165) is 15.9 Å². The Labute approximate surface area is 149 Å². The predicted molar refractivity (Wildman–Crippen MR) is 95.7 cm³/mol. The van der Waals surface area contributed by atoms with Gasteiger partial charge in [-0.3, -0.25) is 4.79 Å². The molecule has 0 aliphatic heterocycles. The van der Waals surface area contributed by atoms with Crippen LogP contribution in [0.5, 0.6) is 0 Å². The number of esters is 1. The number of nitrogens with zero attached hydrogens (tertiary/aromatic N) is 3. The molecule has 2 heterocycles. The van der Waals surface area contributed by atoms with Gasteiger partial charge in [0.2, 0.25) is 10.1 Å². The fourth-order valence-electron chi connectivity index (χ4n) is 2.50. The van der Waals surface area contributed by atoms with Gasteiger partial charge in [-0.1, -0.05) is 17.4 Å². The van der Waals surface area contributed by atoms with E-state index in [9.17, 15) is 14.0 Å². The number of aromatic nitrogens is 3. The van der Waals surface area contributed by atoms with E-state index >= 15 is 0 Å². The number of halogens is 1. The molecule has 0 aliphatic carbocycles. The summed E-state index contributed by atoms with van der Waals surface area (Å²) in [5.74, 6) is -0.916. The van der Waals surface area contributed by atoms with Gasteiger partial charge in [0.15, 0.2) is 0 Å². The molecule has 0 aliphatic rings. The quantitative estimate of drug-likeness (QED) is 0.558. The number of rotatable bonds is 3. The molecular formula is C17H11FN4O3S. The number of nitrogens with one attached hydrogen (secondary N) is 1. The molecule has 7 nitrogen and oxygen atoms in total. The van der Waals surface area contributed by atoms with Crippen LogP contribution in [-0.2, 0) is 4.74 Å². The first-order valence-electron chi connectivity index (χ1n) is 7.50. The monoisotopic (exact) mass is 370 g/mol. The number of hydrogen-bond acceptors (Lipinski definition) is 7. The number of carbonyl (C=O) groups excluding carboxylic acids is 1. The van der Waals surface area contributed by atoms with Gasteiger partial charge in [0.25, 0.3) is 5.56 Å². The van der Waals surface area contributed by atoms with Crippen LogP contribution in [0.2, 0.25) is 0 Å². The third kappa shape index (κ3) is 2.78. The molecule has 0 fully saturated rings. The third-order valence-electron chi connectivity index (χ3n) is 3.69. The zero-order chi connectivity index (χ0) is 18.3. The fourth-order valence-corrected chi connectivity index (χ4v) is 3.32. The molecule has 4 aromatic rings. The van der Waals surface area contributed by atoms with Gasteiger partial charge >= 0.3 is 5.97 Å². The first kappa shape index (κ1) is 16.2. The highest BCUT2D eigenvalue weighted by atomic mass is 32.1. The fraction of sp³-hybridized carbons (Fsp3) is 0.0588. The number of benzene rings is 2. The summed E-state index contributed by atoms with van der Waals surface area (Å²) in [5.41, 5.74) is 0.890. The number of methoxy groups -OCH3 is 1. The van der Waals surface area contributed by atoms with Gasteiger partial charge < -0.3 is 10.1 Å². The minimum absolute atomic E-state index is 0.276. The Morgan fingerprint density at radius 1 is 1.27 bits per heavy atom. The van der Waals surface area contributed by atoms with Crippen LogP contribution in [0, 0.1) is 5.82 Å². The molecule has 9 heteroatoms. The highest BCUT2D eigenvalue weighted by Crippen LogP contribution is 2.23. The Morgan fingerprint density at radius 2 is 2.12 bits per heavy atom. The van der Waals surface area contributed by atoms with Crippen molar-refractivity contribution in [2.75, 3.05) is 12.4 Å². The maximum atomic E-state index is 13.4. The smallest absolute Gasteiger partial charge is 0.337 e. The molecule has 2 aromatic carbocycles. The minimum atomic E-state index is -0.462. The summed E-state index contributed by atoms with van der Waals surface area (Å²) in [5, 5.41) is 7.94. The summed E-state index contributed by atoms with van der Waals surface area (Å²) in [6, 6.07) is 10.5. The van der Waals surface area contributed by atoms with Crippen molar-refractivity contribution in [1.82, 2.24) is 14.6 Å². The molecule has 0 unspecified atom stereocenters. The van der Waals surface area contributed by atoms with Crippen molar-refractivity contribution in [3.63, 3.8) is 0 Å². The Balaban J connectivity index is 1.76. The van der Waals surface area contributed by atoms with Crippen molar-refractivity contribution < 1.29 is 13.9 Å². The van der Waals surface area contributed by atoms with Crippen molar-refractivity contribution >= 4 is 44.0 Å². The number of anilines is 2. The van der Waals surface area contributed by atoms with Gasteiger partial charge in [-0.2, -0.15) is 4.52 Å². The average Bonchev–Trinajstić information content (AvgIpc) is 3.03. The summed E-state index contributed by atoms with van der Waals surface area (Å²) < 4.78 is 19.2. The van der Waals surface area contributed by atoms with Crippen LogP contribution in [0.1, 0.15) is 10.4 Å². The Kier molecular flexibility index (Phi) is 3.85. The second kappa shape index (κ2) is 6.19. The topological polar surface area (TPSA) is 85.6 Å². The highest BCUT2D eigenvalue weighted by Gasteiger charge is 2.12. The molecule has 1 N–H and O–H groups in total. The summed E-state index contributed by atoms with van der Waals surface area (Å²) in [6.07, 6.45) is 0. The maximum Gasteiger partial charge on any atom is 0.337 e. The lowest BCUT2D eigenvalue weighted by atomic mass is 10.2. The van der Waals surface area contributed by atoms with Gasteiger partial charge in [-0.25, -0.2) is 14.2 Å². The molecule has 0 saturated carbocycles. The van der Waals surface area contributed by atoms with Gasteiger partial charge in [0, 0.05) is 11.8 Å². The Bertz CT molecular complexity index is 1220. The number of ether oxygens (including phenoxy) is 1. The van der Waals surface area contributed by atoms with Crippen LogP contribution < -0.4 is 10.9 Å². The second-order valence-electron chi connectivity index (χ2n) is 5.38. The van der Waals surface area contributed by atoms with Crippen LogP contribution in [0.15, 0.2) is 47.3 Å². The zero-order valence-electron chi connectivity index (χ0n) is 13.4. The summed E-state index contributed by atoms with van der Waals surface area (Å²) >= 11 is 1.14. The van der Waals surface area contributed by atoms with E-state index < -0.39 is 11.8 Å². The van der Waals surface area contributed by atoms with Crippen molar-refractivity contribution in [2.24, 2.45) is 0 Å². The zero-order valence-corrected chi connectivity index (χ0v) is 14.2. The van der Waals surface area contributed by atoms with Crippen LogP contribution in [0.4, 0.5) is 15.2 Å². The van der Waals surface area contributed by atoms with Gasteiger partial charge in [0.1, 0.15) is 5.82 Å². The SMILES string of the molecule is COC(=O)c1cccc(Nc2nn3c(=O)c4ccc(F)cc4nc3s2)c1. The maximum absolute atomic E-state index is 13.4. The number of hydrogen-bond donors (Lipinski definition) is 1. The lowest BCUT2D eigenvalue weighted by Gasteiger charge is -2.04. The Morgan fingerprint density at radius 3 is 2.92 bits per heavy atom. The molecule has 0 saturated heterocycles. The van der Waals surface area contributed by atoms with Crippen molar-refractivity contribution in [1.29, 1.82) is 0 Å². The number of fused-ring (bicyclic) bond motifs is 2. The first-order chi connectivity index (χ1) is 12.5. The molecule has 0 spiro atoms. The van der Waals surface area contributed by atoms with E-state index in [1.807, 2.05) is 0 Å². The third-order valence-corrected chi connectivity index (χ3v) is 4.52. The Hall–Kier alpha value is -3.33. The van der Waals surface area contributed by atoms with Gasteiger partial charge in [0.05, 0.1) is 23.6 Å². The standard InChI is InChI=1S/C17H11FN4O3S/c1-25-15(24)9-3-2-4-11(7-9)19-16-21-22-14(23)12-6-5-10(18)8-13(12)20-17(22)26-16/h2-8H,1H3,(H,19,21). The van der Waals surface area contributed by atoms with E-state index in [-0.39, 0.29) is 16.5 Å². The molecule has 26 heavy (non-hydrogen) atoms. The molecular weight excluding hydrogens is 359 g/mol. The first-order valence-corrected chi connectivity index (χ1v) is 8.31. The van der Waals surface area contributed by atoms with Crippen LogP contribution in [-0.4, -0.2) is 27.7 Å². The molecule has 0 bridgehead atoms. The molecule has 0 radical (unpaired) electrons. The normalized spacial score (nSPS) is 11.0. The average molecular weight is 370 g/mol. The second-order valence-corrected chi connectivity index (χ2v) is 6.33. The van der Waals surface area contributed by atoms with E-state index in [2.05, 4.69) is 15.4 Å². The van der Waals surface area contributed by atoms with Crippen LogP contribution in [0.3, 0.4) is 0 Å². The minimum Gasteiger partial charge on any atom is -0.465 e. The van der Waals surface area contributed by atoms with Gasteiger partial charge in [-0.15, -0.1) is 5.10 Å². The van der Waals surface area contributed by atoms with E-state index in [4.69, 9.17) is 4.74 Å². The molecule has 2 aromatic heterocycles. The predicted octanol–water partition coefficient (Wildman–Crippen LogP) is 2.97. The van der Waals surface area contributed by atoms with Gasteiger partial charge in [-0.05, 0) is 30.3 Å². The molecule has 0 atom stereocenters. The van der Waals surface area contributed by atoms with Crippen LogP contribution in [0.25, 0.3) is 15.9 Å². The van der Waals surface area contributed by atoms with Crippen molar-refractivity contribution in [2.45, 2.75) is 0 Å². The van der Waals surface area contributed by atoms with Crippen molar-refractivity contribution in [3.05, 3.63) is 64.2 Å². The largest absolute Gasteiger partial charge is 0.465 e. The summed E-state index contributed by atoms with van der Waals surface area (Å²) in [6.45, 7) is 0. The summed E-state index contributed by atoms with van der Waals surface area (Å²) in [4.78, 5) is 28.7. The lowest BCUT2D eigenvalue weighted by Crippen LogP contribution is -2.15. The summed E-state index contributed by atoms with van der Waals surface area (Å²) in [7, 11) is 1.31. The molecule has 0 amide bonds. The van der Waals surface area contributed by atoms with Crippen molar-refractivity contribution in [3.8, 4) is 0 Å². The van der Waals surface area contributed by atoms with E-state index in [1.54, 1.807) is 24.3 Å². The number of carbonyl (C=O) groups is 1.